The van der Waals surface area contributed by atoms with E-state index in [1.54, 1.807) is 11.3 Å². The minimum atomic E-state index is 0.502. The van der Waals surface area contributed by atoms with Crippen LogP contribution in [-0.4, -0.2) is 21.2 Å². The summed E-state index contributed by atoms with van der Waals surface area (Å²) >= 11 is 1.73. The van der Waals surface area contributed by atoms with Crippen molar-refractivity contribution >= 4 is 37.6 Å². The molecule has 0 aliphatic rings. The Balaban J connectivity index is 2.02. The predicted molar refractivity (Wildman–Crippen MR) is 96.0 cm³/mol. The molecule has 0 fully saturated rings. The minimum Gasteiger partial charge on any atom is -0.365 e. The Morgan fingerprint density at radius 3 is 2.64 bits per heavy atom. The molecule has 3 aromatic heterocycles. The Labute approximate surface area is 135 Å². The zero-order chi connectivity index (χ0) is 15.7. The van der Waals surface area contributed by atoms with Gasteiger partial charge in [-0.1, -0.05) is 26.7 Å². The van der Waals surface area contributed by atoms with E-state index in [-0.39, 0.29) is 0 Å². The van der Waals surface area contributed by atoms with Crippen molar-refractivity contribution in [1.29, 1.82) is 0 Å². The van der Waals surface area contributed by atoms with E-state index in [9.17, 15) is 0 Å². The van der Waals surface area contributed by atoms with E-state index >= 15 is 0 Å². The van der Waals surface area contributed by atoms with E-state index in [1.807, 2.05) is 0 Å². The fourth-order valence-electron chi connectivity index (χ4n) is 3.15. The first kappa shape index (κ1) is 15.3. The van der Waals surface area contributed by atoms with Crippen molar-refractivity contribution < 1.29 is 0 Å². The van der Waals surface area contributed by atoms with Crippen LogP contribution in [0.15, 0.2) is 6.07 Å². The van der Waals surface area contributed by atoms with Gasteiger partial charge in [0, 0.05) is 17.1 Å². The number of aromatic nitrogens is 3. The van der Waals surface area contributed by atoms with Gasteiger partial charge in [0.1, 0.15) is 4.83 Å². The molecule has 0 aromatic carbocycles. The lowest BCUT2D eigenvalue weighted by Gasteiger charge is -2.16. The quantitative estimate of drug-likeness (QED) is 0.659. The molecule has 3 aromatic rings. The van der Waals surface area contributed by atoms with Crippen molar-refractivity contribution in [2.24, 2.45) is 0 Å². The summed E-state index contributed by atoms with van der Waals surface area (Å²) in [5.41, 5.74) is 3.47. The highest BCUT2D eigenvalue weighted by Gasteiger charge is 2.17. The van der Waals surface area contributed by atoms with E-state index in [1.165, 1.54) is 41.3 Å². The van der Waals surface area contributed by atoms with Gasteiger partial charge in [0.05, 0.1) is 10.2 Å². The maximum Gasteiger partial charge on any atom is 0.166 e. The van der Waals surface area contributed by atoms with Gasteiger partial charge in [-0.05, 0) is 38.3 Å². The molecule has 3 rings (SSSR count). The smallest absolute Gasteiger partial charge is 0.166 e. The van der Waals surface area contributed by atoms with Gasteiger partial charge in [-0.25, -0.2) is 4.98 Å². The number of pyridine rings is 1. The second-order valence-corrected chi connectivity index (χ2v) is 7.06. The molecule has 4 nitrogen and oxygen atoms in total. The Morgan fingerprint density at radius 2 is 1.95 bits per heavy atom. The highest BCUT2D eigenvalue weighted by atomic mass is 32.1. The fraction of sp³-hybridized carbons (Fsp3) is 0.529. The number of H-pyrrole nitrogens is 1. The molecular formula is C17H24N4S. The number of hydrogen-bond acceptors (Lipinski definition) is 4. The molecule has 0 aliphatic carbocycles. The molecule has 3 heterocycles. The van der Waals surface area contributed by atoms with E-state index in [0.29, 0.717) is 6.04 Å². The van der Waals surface area contributed by atoms with Crippen molar-refractivity contribution in [3.8, 4) is 0 Å². The van der Waals surface area contributed by atoms with Gasteiger partial charge >= 0.3 is 0 Å². The zero-order valence-corrected chi connectivity index (χ0v) is 14.6. The Morgan fingerprint density at radius 1 is 1.23 bits per heavy atom. The van der Waals surface area contributed by atoms with Gasteiger partial charge in [-0.15, -0.1) is 11.3 Å². The lowest BCUT2D eigenvalue weighted by atomic mass is 10.1. The molecular weight excluding hydrogens is 292 g/mol. The number of anilines is 1. The van der Waals surface area contributed by atoms with Gasteiger partial charge in [0.2, 0.25) is 0 Å². The van der Waals surface area contributed by atoms with Crippen LogP contribution in [0.5, 0.6) is 0 Å². The summed E-state index contributed by atoms with van der Waals surface area (Å²) < 4.78 is 1.20. The maximum atomic E-state index is 4.68. The minimum absolute atomic E-state index is 0.502. The van der Waals surface area contributed by atoms with Gasteiger partial charge in [-0.3, -0.25) is 5.10 Å². The highest BCUT2D eigenvalue weighted by molar-refractivity contribution is 7.26. The van der Waals surface area contributed by atoms with Crippen molar-refractivity contribution in [2.75, 3.05) is 5.32 Å². The number of rotatable bonds is 6. The summed E-state index contributed by atoms with van der Waals surface area (Å²) in [6.07, 6.45) is 4.75. The first-order valence-electron chi connectivity index (χ1n) is 8.15. The summed E-state index contributed by atoms with van der Waals surface area (Å²) in [5.74, 6) is 0.988. The zero-order valence-electron chi connectivity index (χ0n) is 13.8. The highest BCUT2D eigenvalue weighted by Crippen LogP contribution is 2.37. The first-order valence-corrected chi connectivity index (χ1v) is 8.97. The summed E-state index contributed by atoms with van der Waals surface area (Å²) in [5, 5.41) is 12.6. The standard InChI is InChI=1S/C17H24N4S/c1-5-7-12(8-6-2)19-16-15-14(20-21-16)13-10(3)9-11(4)18-17(13)22-15/h9,12H,5-8H2,1-4H3,(H2,19,20,21). The number of thiophene rings is 1. The maximum absolute atomic E-state index is 4.68. The molecule has 0 unspecified atom stereocenters. The Kier molecular flexibility index (Phi) is 4.34. The monoisotopic (exact) mass is 316 g/mol. The second kappa shape index (κ2) is 6.24. The number of nitrogens with one attached hydrogen (secondary N) is 2. The normalized spacial score (nSPS) is 11.9. The largest absolute Gasteiger partial charge is 0.365 e. The van der Waals surface area contributed by atoms with Gasteiger partial charge < -0.3 is 5.32 Å². The predicted octanol–water partition coefficient (Wildman–Crippen LogP) is 5.17. The van der Waals surface area contributed by atoms with Gasteiger partial charge in [0.15, 0.2) is 5.82 Å². The summed E-state index contributed by atoms with van der Waals surface area (Å²) in [6, 6.07) is 2.64. The van der Waals surface area contributed by atoms with Crippen LogP contribution in [0.2, 0.25) is 0 Å². The SMILES string of the molecule is CCCC(CCC)Nc1n[nH]c2c1sc1nc(C)cc(C)c12. The third-order valence-corrected chi connectivity index (χ3v) is 5.19. The van der Waals surface area contributed by atoms with E-state index in [2.05, 4.69) is 54.3 Å². The van der Waals surface area contributed by atoms with Crippen molar-refractivity contribution in [3.63, 3.8) is 0 Å². The molecule has 0 aliphatic heterocycles. The molecule has 0 saturated heterocycles. The topological polar surface area (TPSA) is 53.6 Å². The number of aromatic amines is 1. The van der Waals surface area contributed by atoms with Gasteiger partial charge in [-0.2, -0.15) is 5.10 Å². The van der Waals surface area contributed by atoms with Crippen LogP contribution in [0.25, 0.3) is 20.4 Å². The van der Waals surface area contributed by atoms with Crippen LogP contribution in [0.3, 0.4) is 0 Å². The molecule has 2 N–H and O–H groups in total. The second-order valence-electron chi connectivity index (χ2n) is 6.06. The van der Waals surface area contributed by atoms with E-state index < -0.39 is 0 Å². The molecule has 5 heteroatoms. The molecule has 0 radical (unpaired) electrons. The third kappa shape index (κ3) is 2.70. The molecule has 0 saturated carbocycles. The summed E-state index contributed by atoms with van der Waals surface area (Å²) in [4.78, 5) is 5.79. The lowest BCUT2D eigenvalue weighted by Crippen LogP contribution is -2.19. The molecule has 0 bridgehead atoms. The van der Waals surface area contributed by atoms with Crippen LogP contribution in [0.4, 0.5) is 5.82 Å². The lowest BCUT2D eigenvalue weighted by molar-refractivity contribution is 0.585. The first-order chi connectivity index (χ1) is 10.6. The molecule has 22 heavy (non-hydrogen) atoms. The molecule has 118 valence electrons. The number of aryl methyl sites for hydroxylation is 2. The van der Waals surface area contributed by atoms with Crippen LogP contribution in [0, 0.1) is 13.8 Å². The van der Waals surface area contributed by atoms with E-state index in [4.69, 9.17) is 0 Å². The summed E-state index contributed by atoms with van der Waals surface area (Å²) in [6.45, 7) is 8.67. The number of fused-ring (bicyclic) bond motifs is 3. The van der Waals surface area contributed by atoms with E-state index in [0.717, 1.165) is 21.9 Å². The van der Waals surface area contributed by atoms with Crippen molar-refractivity contribution in [3.05, 3.63) is 17.3 Å². The van der Waals surface area contributed by atoms with Crippen LogP contribution in [0.1, 0.15) is 50.8 Å². The van der Waals surface area contributed by atoms with Crippen LogP contribution < -0.4 is 5.32 Å². The van der Waals surface area contributed by atoms with Crippen molar-refractivity contribution in [1.82, 2.24) is 15.2 Å². The average Bonchev–Trinajstić information content (AvgIpc) is 2.99. The Hall–Kier alpha value is -1.62. The Bertz CT molecular complexity index is 781. The summed E-state index contributed by atoms with van der Waals surface area (Å²) in [7, 11) is 0. The van der Waals surface area contributed by atoms with Gasteiger partial charge in [0.25, 0.3) is 0 Å². The molecule has 0 spiro atoms. The molecule has 0 atom stereocenters. The van der Waals surface area contributed by atoms with Crippen LogP contribution in [-0.2, 0) is 0 Å². The number of hydrogen-bond donors (Lipinski definition) is 2. The van der Waals surface area contributed by atoms with Crippen LogP contribution >= 0.6 is 11.3 Å². The van der Waals surface area contributed by atoms with Crippen molar-refractivity contribution in [2.45, 2.75) is 59.4 Å². The molecule has 0 amide bonds. The average molecular weight is 316 g/mol. The third-order valence-electron chi connectivity index (χ3n) is 4.10. The number of nitrogens with zero attached hydrogens (tertiary/aromatic N) is 2. The fourth-order valence-corrected chi connectivity index (χ4v) is 4.35.